The minimum Gasteiger partial charge on any atom is -0.493 e. The van der Waals surface area contributed by atoms with E-state index in [1.807, 2.05) is 0 Å². The summed E-state index contributed by atoms with van der Waals surface area (Å²) >= 11 is 0. The molecule has 1 atom stereocenters. The lowest BCUT2D eigenvalue weighted by Crippen LogP contribution is -2.26. The molecule has 0 bridgehead atoms. The van der Waals surface area contributed by atoms with Crippen LogP contribution in [0, 0.1) is 6.92 Å². The lowest BCUT2D eigenvalue weighted by atomic mass is 9.86. The topological polar surface area (TPSA) is 55.5 Å². The zero-order chi connectivity index (χ0) is 13.8. The van der Waals surface area contributed by atoms with Crippen LogP contribution in [0.25, 0.3) is 0 Å². The molecule has 1 rings (SSSR count). The number of aliphatic hydroxyl groups excluding tert-OH is 1. The average Bonchev–Trinajstić information content (AvgIpc) is 2.27. The molecular formula is C15H25NO2. The first-order chi connectivity index (χ1) is 8.34. The van der Waals surface area contributed by atoms with Gasteiger partial charge in [0.2, 0.25) is 0 Å². The van der Waals surface area contributed by atoms with Crippen molar-refractivity contribution in [1.82, 2.24) is 0 Å². The Kier molecular flexibility index (Phi) is 5.17. The third-order valence-electron chi connectivity index (χ3n) is 2.93. The van der Waals surface area contributed by atoms with Gasteiger partial charge in [-0.1, -0.05) is 32.9 Å². The molecule has 1 aromatic rings. The highest BCUT2D eigenvalue weighted by Crippen LogP contribution is 2.32. The fourth-order valence-electron chi connectivity index (χ4n) is 1.78. The van der Waals surface area contributed by atoms with Crippen molar-refractivity contribution in [3.8, 4) is 5.75 Å². The predicted molar refractivity (Wildman–Crippen MR) is 75.1 cm³/mol. The Morgan fingerprint density at radius 1 is 1.33 bits per heavy atom. The molecule has 0 saturated carbocycles. The highest BCUT2D eigenvalue weighted by molar-refractivity contribution is 5.41. The van der Waals surface area contributed by atoms with Crippen molar-refractivity contribution in [2.75, 3.05) is 13.2 Å². The molecule has 0 aliphatic rings. The molecule has 102 valence electrons. The Balaban J connectivity index is 2.77. The molecule has 1 aromatic carbocycles. The second kappa shape index (κ2) is 6.21. The van der Waals surface area contributed by atoms with Crippen molar-refractivity contribution >= 4 is 0 Å². The standard InChI is InChI=1S/C15H25NO2/c1-11-5-6-13(15(2,3)4)14(9-11)18-8-7-12(16)10-17/h5-6,9,12,17H,7-8,10,16H2,1-4H3. The maximum Gasteiger partial charge on any atom is 0.123 e. The van der Waals surface area contributed by atoms with Crippen LogP contribution in [0.5, 0.6) is 5.75 Å². The van der Waals surface area contributed by atoms with Crippen LogP contribution in [0.15, 0.2) is 18.2 Å². The molecule has 0 radical (unpaired) electrons. The Morgan fingerprint density at radius 2 is 2.00 bits per heavy atom. The second-order valence-corrected chi connectivity index (χ2v) is 5.83. The summed E-state index contributed by atoms with van der Waals surface area (Å²) < 4.78 is 5.83. The Labute approximate surface area is 110 Å². The van der Waals surface area contributed by atoms with Crippen molar-refractivity contribution in [3.63, 3.8) is 0 Å². The van der Waals surface area contributed by atoms with Gasteiger partial charge in [0.15, 0.2) is 0 Å². The summed E-state index contributed by atoms with van der Waals surface area (Å²) in [5.74, 6) is 0.924. The average molecular weight is 251 g/mol. The van der Waals surface area contributed by atoms with Crippen LogP contribution in [0.1, 0.15) is 38.3 Å². The molecule has 0 aromatic heterocycles. The lowest BCUT2D eigenvalue weighted by molar-refractivity contribution is 0.228. The van der Waals surface area contributed by atoms with Crippen molar-refractivity contribution < 1.29 is 9.84 Å². The lowest BCUT2D eigenvalue weighted by Gasteiger charge is -2.23. The number of hydrogen-bond acceptors (Lipinski definition) is 3. The third-order valence-corrected chi connectivity index (χ3v) is 2.93. The van der Waals surface area contributed by atoms with Gasteiger partial charge in [-0.2, -0.15) is 0 Å². The first-order valence-corrected chi connectivity index (χ1v) is 6.45. The Bertz CT molecular complexity index is 383. The van der Waals surface area contributed by atoms with Gasteiger partial charge >= 0.3 is 0 Å². The second-order valence-electron chi connectivity index (χ2n) is 5.83. The van der Waals surface area contributed by atoms with Crippen LogP contribution in [-0.4, -0.2) is 24.4 Å². The fraction of sp³-hybridized carbons (Fsp3) is 0.600. The molecule has 0 heterocycles. The smallest absolute Gasteiger partial charge is 0.123 e. The van der Waals surface area contributed by atoms with Crippen LogP contribution in [0.4, 0.5) is 0 Å². The van der Waals surface area contributed by atoms with Gasteiger partial charge in [0.25, 0.3) is 0 Å². The van der Waals surface area contributed by atoms with Gasteiger partial charge < -0.3 is 15.6 Å². The summed E-state index contributed by atoms with van der Waals surface area (Å²) in [5, 5.41) is 8.88. The van der Waals surface area contributed by atoms with Crippen LogP contribution < -0.4 is 10.5 Å². The number of ether oxygens (including phenoxy) is 1. The third kappa shape index (κ3) is 4.31. The SMILES string of the molecule is Cc1ccc(C(C)(C)C)c(OCCC(N)CO)c1. The number of rotatable bonds is 5. The predicted octanol–water partition coefficient (Wildman–Crippen LogP) is 2.38. The van der Waals surface area contributed by atoms with E-state index in [1.165, 1.54) is 11.1 Å². The largest absolute Gasteiger partial charge is 0.493 e. The van der Waals surface area contributed by atoms with Crippen molar-refractivity contribution in [3.05, 3.63) is 29.3 Å². The van der Waals surface area contributed by atoms with E-state index in [4.69, 9.17) is 15.6 Å². The Hall–Kier alpha value is -1.06. The van der Waals surface area contributed by atoms with Crippen LogP contribution in [0.3, 0.4) is 0 Å². The van der Waals surface area contributed by atoms with E-state index in [-0.39, 0.29) is 18.1 Å². The minimum absolute atomic E-state index is 0.00328. The molecular weight excluding hydrogens is 226 g/mol. The highest BCUT2D eigenvalue weighted by Gasteiger charge is 2.19. The molecule has 3 nitrogen and oxygen atoms in total. The van der Waals surface area contributed by atoms with Crippen LogP contribution in [-0.2, 0) is 5.41 Å². The van der Waals surface area contributed by atoms with E-state index in [9.17, 15) is 0 Å². The van der Waals surface area contributed by atoms with Crippen LogP contribution in [0.2, 0.25) is 0 Å². The van der Waals surface area contributed by atoms with Crippen LogP contribution >= 0.6 is 0 Å². The monoisotopic (exact) mass is 251 g/mol. The summed E-state index contributed by atoms with van der Waals surface area (Å²) in [4.78, 5) is 0. The minimum atomic E-state index is -0.201. The number of aliphatic hydroxyl groups is 1. The van der Waals surface area contributed by atoms with Gasteiger partial charge in [-0.3, -0.25) is 0 Å². The van der Waals surface area contributed by atoms with Gasteiger partial charge in [-0.15, -0.1) is 0 Å². The van der Waals surface area contributed by atoms with Crippen molar-refractivity contribution in [1.29, 1.82) is 0 Å². The fourth-order valence-corrected chi connectivity index (χ4v) is 1.78. The summed E-state index contributed by atoms with van der Waals surface area (Å²) in [6.45, 7) is 9.11. The molecule has 18 heavy (non-hydrogen) atoms. The maximum atomic E-state index is 8.88. The highest BCUT2D eigenvalue weighted by atomic mass is 16.5. The van der Waals surface area contributed by atoms with Gasteiger partial charge in [0, 0.05) is 6.04 Å². The van der Waals surface area contributed by atoms with E-state index in [2.05, 4.69) is 45.9 Å². The van der Waals surface area contributed by atoms with E-state index < -0.39 is 0 Å². The summed E-state index contributed by atoms with van der Waals surface area (Å²) in [5.41, 5.74) is 8.10. The van der Waals surface area contributed by atoms with E-state index in [0.29, 0.717) is 13.0 Å². The summed E-state index contributed by atoms with van der Waals surface area (Å²) in [6.07, 6.45) is 0.661. The van der Waals surface area contributed by atoms with Gasteiger partial charge in [0.05, 0.1) is 13.2 Å². The first kappa shape index (κ1) is 15.0. The van der Waals surface area contributed by atoms with Gasteiger partial charge in [-0.25, -0.2) is 0 Å². The van der Waals surface area contributed by atoms with Crippen molar-refractivity contribution in [2.45, 2.75) is 45.6 Å². The molecule has 3 N–H and O–H groups in total. The van der Waals surface area contributed by atoms with E-state index in [1.54, 1.807) is 0 Å². The van der Waals surface area contributed by atoms with E-state index >= 15 is 0 Å². The number of benzene rings is 1. The maximum absolute atomic E-state index is 8.88. The van der Waals surface area contributed by atoms with Crippen molar-refractivity contribution in [2.24, 2.45) is 5.73 Å². The zero-order valence-corrected chi connectivity index (χ0v) is 11.9. The number of hydrogen-bond donors (Lipinski definition) is 2. The van der Waals surface area contributed by atoms with Gasteiger partial charge in [-0.05, 0) is 36.0 Å². The summed E-state index contributed by atoms with van der Waals surface area (Å²) in [6, 6.07) is 6.09. The molecule has 0 amide bonds. The summed E-state index contributed by atoms with van der Waals surface area (Å²) in [7, 11) is 0. The molecule has 0 aliphatic heterocycles. The molecule has 0 saturated heterocycles. The molecule has 1 unspecified atom stereocenters. The number of aryl methyl sites for hydroxylation is 1. The molecule has 3 heteroatoms. The normalized spacial score (nSPS) is 13.4. The molecule has 0 fully saturated rings. The molecule has 0 spiro atoms. The quantitative estimate of drug-likeness (QED) is 0.844. The first-order valence-electron chi connectivity index (χ1n) is 6.45. The molecule has 0 aliphatic carbocycles. The Morgan fingerprint density at radius 3 is 2.56 bits per heavy atom. The zero-order valence-electron chi connectivity index (χ0n) is 11.9. The van der Waals surface area contributed by atoms with E-state index in [0.717, 1.165) is 5.75 Å². The van der Waals surface area contributed by atoms with Gasteiger partial charge in [0.1, 0.15) is 5.75 Å². The number of nitrogens with two attached hydrogens (primary N) is 1.